The number of pyridine rings is 1. The van der Waals surface area contributed by atoms with Gasteiger partial charge in [-0.3, -0.25) is 4.98 Å². The van der Waals surface area contributed by atoms with Gasteiger partial charge in [-0.05, 0) is 77.3 Å². The number of hydrogen-bond acceptors (Lipinski definition) is 10. The molecule has 0 radical (unpaired) electrons. The molecule has 4 unspecified atom stereocenters. The molecule has 0 spiro atoms. The highest BCUT2D eigenvalue weighted by Crippen LogP contribution is 2.64. The number of nitrogens with zero attached hydrogens (tertiary/aromatic N) is 7. The van der Waals surface area contributed by atoms with Crippen LogP contribution in [0.15, 0.2) is 42.0 Å². The summed E-state index contributed by atoms with van der Waals surface area (Å²) in [6.07, 6.45) is 6.91. The monoisotopic (exact) mass is 686 g/mol. The number of nitrogens with one attached hydrogen (secondary N) is 1. The van der Waals surface area contributed by atoms with Crippen LogP contribution < -0.4 is 10.2 Å². The van der Waals surface area contributed by atoms with Gasteiger partial charge in [0.1, 0.15) is 27.6 Å². The second-order valence-corrected chi connectivity index (χ2v) is 15.4. The summed E-state index contributed by atoms with van der Waals surface area (Å²) in [5, 5.41) is 12.9. The summed E-state index contributed by atoms with van der Waals surface area (Å²) in [6, 6.07) is 7.77. The van der Waals surface area contributed by atoms with E-state index in [9.17, 15) is 4.79 Å². The predicted octanol–water partition coefficient (Wildman–Crippen LogP) is 7.08. The first-order chi connectivity index (χ1) is 23.1. The van der Waals surface area contributed by atoms with Crippen molar-refractivity contribution >= 4 is 56.9 Å². The van der Waals surface area contributed by atoms with Gasteiger partial charge in [-0.25, -0.2) is 24.4 Å². The quantitative estimate of drug-likeness (QED) is 0.200. The number of hydrogen-bond donors (Lipinski definition) is 1. The highest BCUT2D eigenvalue weighted by molar-refractivity contribution is 7.09. The molecule has 8 rings (SSSR count). The summed E-state index contributed by atoms with van der Waals surface area (Å²) < 4.78 is 13.7. The van der Waals surface area contributed by atoms with Crippen molar-refractivity contribution in [2.45, 2.75) is 70.6 Å². The highest BCUT2D eigenvalue weighted by atomic mass is 35.5. The largest absolute Gasteiger partial charge is 0.444 e. The van der Waals surface area contributed by atoms with E-state index in [1.54, 1.807) is 17.5 Å². The molecule has 1 amide bonds. The predicted molar refractivity (Wildman–Crippen MR) is 186 cm³/mol. The zero-order valence-electron chi connectivity index (χ0n) is 27.6. The number of halogens is 1. The first-order valence-corrected chi connectivity index (χ1v) is 17.9. The number of benzene rings is 1. The summed E-state index contributed by atoms with van der Waals surface area (Å²) in [7, 11) is 0. The zero-order chi connectivity index (χ0) is 33.2. The number of amides is 1. The van der Waals surface area contributed by atoms with E-state index in [0.29, 0.717) is 35.7 Å². The number of ether oxygens (including phenoxy) is 2. The highest BCUT2D eigenvalue weighted by Gasteiger charge is 2.68. The van der Waals surface area contributed by atoms with E-state index >= 15 is 0 Å². The van der Waals surface area contributed by atoms with Crippen molar-refractivity contribution < 1.29 is 14.3 Å². The van der Waals surface area contributed by atoms with Crippen molar-refractivity contribution in [3.8, 4) is 11.3 Å². The molecule has 1 aliphatic carbocycles. The van der Waals surface area contributed by atoms with Crippen molar-refractivity contribution in [3.05, 3.63) is 57.8 Å². The summed E-state index contributed by atoms with van der Waals surface area (Å²) in [5.41, 5.74) is 3.99. The molecule has 11 nitrogen and oxygen atoms in total. The molecular weight excluding hydrogens is 648 g/mol. The lowest BCUT2D eigenvalue weighted by Crippen LogP contribution is -2.38. The number of thiazole rings is 1. The van der Waals surface area contributed by atoms with Crippen molar-refractivity contribution in [2.24, 2.45) is 11.8 Å². The average molecular weight is 687 g/mol. The molecule has 13 heteroatoms. The average Bonchev–Trinajstić information content (AvgIpc) is 3.29. The minimum Gasteiger partial charge on any atom is -0.444 e. The molecule has 5 aromatic rings. The van der Waals surface area contributed by atoms with Gasteiger partial charge in [0.05, 0.1) is 16.7 Å². The molecule has 2 aliphatic heterocycles. The van der Waals surface area contributed by atoms with E-state index in [2.05, 4.69) is 20.6 Å². The minimum absolute atomic E-state index is 0.217. The number of piperidine rings is 1. The number of carbonyl (C=O) groups excluding carboxylic acids is 1. The Bertz CT molecular complexity index is 2020. The first kappa shape index (κ1) is 31.4. The van der Waals surface area contributed by atoms with E-state index in [0.717, 1.165) is 83.0 Å². The topological polar surface area (TPSA) is 120 Å². The van der Waals surface area contributed by atoms with Gasteiger partial charge in [-0.1, -0.05) is 23.7 Å². The van der Waals surface area contributed by atoms with Crippen LogP contribution in [0, 0.1) is 18.8 Å². The maximum atomic E-state index is 12.7. The third-order valence-corrected chi connectivity index (χ3v) is 11.3. The van der Waals surface area contributed by atoms with Crippen LogP contribution >= 0.6 is 22.9 Å². The Kier molecular flexibility index (Phi) is 7.80. The van der Waals surface area contributed by atoms with Crippen molar-refractivity contribution in [2.75, 3.05) is 31.1 Å². The first-order valence-electron chi connectivity index (χ1n) is 16.7. The van der Waals surface area contributed by atoms with Gasteiger partial charge >= 0.3 is 6.09 Å². The van der Waals surface area contributed by atoms with Gasteiger partial charge in [0, 0.05) is 59.9 Å². The summed E-state index contributed by atoms with van der Waals surface area (Å²) in [4.78, 5) is 34.8. The Balaban J connectivity index is 1.13. The van der Waals surface area contributed by atoms with E-state index in [1.165, 1.54) is 0 Å². The fraction of sp³-hybridized carbons (Fsp3) is 0.486. The zero-order valence-corrected chi connectivity index (χ0v) is 29.1. The minimum atomic E-state index is -0.563. The Morgan fingerprint density at radius 2 is 2.02 bits per heavy atom. The normalized spacial score (nSPS) is 24.1. The van der Waals surface area contributed by atoms with Gasteiger partial charge in [0.15, 0.2) is 11.9 Å². The van der Waals surface area contributed by atoms with Crippen LogP contribution in [-0.4, -0.2) is 67.7 Å². The van der Waals surface area contributed by atoms with Crippen molar-refractivity contribution in [1.82, 2.24) is 35.0 Å². The molecule has 6 heterocycles. The van der Waals surface area contributed by atoms with Gasteiger partial charge in [0.2, 0.25) is 0 Å². The Morgan fingerprint density at radius 3 is 2.79 bits per heavy atom. The summed E-state index contributed by atoms with van der Waals surface area (Å²) in [6.45, 7) is 10.4. The van der Waals surface area contributed by atoms with Crippen LogP contribution in [0.1, 0.15) is 63.4 Å². The van der Waals surface area contributed by atoms with E-state index in [-0.39, 0.29) is 11.6 Å². The Labute approximate surface area is 288 Å². The second kappa shape index (κ2) is 11.9. The van der Waals surface area contributed by atoms with Crippen LogP contribution in [0.2, 0.25) is 5.02 Å². The third kappa shape index (κ3) is 5.47. The maximum absolute atomic E-state index is 12.7. The van der Waals surface area contributed by atoms with Crippen LogP contribution in [0.3, 0.4) is 0 Å². The van der Waals surface area contributed by atoms with Gasteiger partial charge in [0.25, 0.3) is 0 Å². The number of fused-ring (bicyclic) bond motifs is 3. The standard InChI is InChI=1S/C35H39ClN8O3S/c1-20-18-48-32(40-20)35(19-39-33(45)47-34(2,3)4)23-12-14-43(17-24(23)35)26-16-38-30-29(22-10-11-25(36)28-21(22)8-7-13-37-28)42-44(31(30)41-26)27-9-5-6-15-46-27/h7-8,10-11,13,16,18,23-24,27H,5-6,9,12,14-15,17,19H2,1-4H3,(H,39,45). The number of aromatic nitrogens is 6. The van der Waals surface area contributed by atoms with Gasteiger partial charge in [-0.2, -0.15) is 5.10 Å². The molecular formula is C35H39ClN8O3S. The second-order valence-electron chi connectivity index (χ2n) is 14.1. The molecule has 1 aromatic carbocycles. The summed E-state index contributed by atoms with van der Waals surface area (Å²) >= 11 is 8.21. The van der Waals surface area contributed by atoms with Crippen molar-refractivity contribution in [3.63, 3.8) is 0 Å². The molecule has 2 saturated heterocycles. The summed E-state index contributed by atoms with van der Waals surface area (Å²) in [5.74, 6) is 1.52. The molecule has 250 valence electrons. The van der Waals surface area contributed by atoms with E-state index in [4.69, 9.17) is 41.1 Å². The Morgan fingerprint density at radius 1 is 1.15 bits per heavy atom. The fourth-order valence-electron chi connectivity index (χ4n) is 7.64. The molecule has 3 fully saturated rings. The molecule has 4 atom stereocenters. The number of alkyl carbamates (subject to hydrolysis) is 1. The molecule has 3 aliphatic rings. The lowest BCUT2D eigenvalue weighted by molar-refractivity contribution is -0.0368. The lowest BCUT2D eigenvalue weighted by atomic mass is 10.0. The van der Waals surface area contributed by atoms with Crippen LogP contribution in [0.25, 0.3) is 33.3 Å². The fourth-order valence-corrected chi connectivity index (χ4v) is 8.98. The molecule has 1 N–H and O–H groups in total. The van der Waals surface area contributed by atoms with Crippen LogP contribution in [-0.2, 0) is 14.9 Å². The number of rotatable bonds is 6. The van der Waals surface area contributed by atoms with Crippen molar-refractivity contribution in [1.29, 1.82) is 0 Å². The van der Waals surface area contributed by atoms with E-state index in [1.807, 2.05) is 62.8 Å². The maximum Gasteiger partial charge on any atom is 0.407 e. The molecule has 0 bridgehead atoms. The molecule has 48 heavy (non-hydrogen) atoms. The molecule has 1 saturated carbocycles. The lowest BCUT2D eigenvalue weighted by Gasteiger charge is -2.27. The number of anilines is 1. The smallest absolute Gasteiger partial charge is 0.407 e. The van der Waals surface area contributed by atoms with Crippen LogP contribution in [0.5, 0.6) is 0 Å². The SMILES string of the molecule is Cc1csc(C2(CNC(=O)OC(C)(C)C)C3CCN(c4cnc5c(-c6ccc(Cl)c7ncccc67)nn(C6CCCCO6)c5n4)CC32)n1. The van der Waals surface area contributed by atoms with E-state index < -0.39 is 11.7 Å². The van der Waals surface area contributed by atoms with Gasteiger partial charge < -0.3 is 19.7 Å². The number of carbonyl (C=O) groups is 1. The third-order valence-electron chi connectivity index (χ3n) is 9.89. The Hall–Kier alpha value is -3.87. The van der Waals surface area contributed by atoms with Crippen LogP contribution in [0.4, 0.5) is 10.6 Å². The molecule has 4 aromatic heterocycles. The van der Waals surface area contributed by atoms with Gasteiger partial charge in [-0.15, -0.1) is 11.3 Å². The number of aryl methyl sites for hydroxylation is 1.